The standard InChI is InChI=1S/C15H19N3O6/c1-10(14(22)17-7-12(19)16-8-13(20)21)18-15(23)24-9-11-5-3-2-4-6-11/h2-6,10H,7-9H2,1H3,(H,16,19)(H,17,22)(H,18,23)(H,20,21)/t10-/m0/s1. The molecule has 24 heavy (non-hydrogen) atoms. The molecule has 9 nitrogen and oxygen atoms in total. The molecular formula is C15H19N3O6. The number of amides is 3. The van der Waals surface area contributed by atoms with Crippen molar-refractivity contribution in [3.05, 3.63) is 35.9 Å². The highest BCUT2D eigenvalue weighted by Crippen LogP contribution is 2.00. The lowest BCUT2D eigenvalue weighted by atomic mass is 10.2. The highest BCUT2D eigenvalue weighted by atomic mass is 16.5. The first-order valence-corrected chi connectivity index (χ1v) is 7.12. The number of alkyl carbamates (subject to hydrolysis) is 1. The number of carboxylic acid groups (broad SMARTS) is 1. The predicted octanol–water partition coefficient (Wildman–Crippen LogP) is -0.382. The molecule has 0 saturated heterocycles. The second-order valence-electron chi connectivity index (χ2n) is 4.82. The molecule has 130 valence electrons. The molecule has 1 rings (SSSR count). The van der Waals surface area contributed by atoms with Crippen LogP contribution in [0.15, 0.2) is 30.3 Å². The van der Waals surface area contributed by atoms with Gasteiger partial charge < -0.3 is 25.8 Å². The topological polar surface area (TPSA) is 134 Å². The van der Waals surface area contributed by atoms with Crippen molar-refractivity contribution >= 4 is 23.9 Å². The van der Waals surface area contributed by atoms with Crippen molar-refractivity contribution in [3.63, 3.8) is 0 Å². The van der Waals surface area contributed by atoms with E-state index in [9.17, 15) is 19.2 Å². The summed E-state index contributed by atoms with van der Waals surface area (Å²) >= 11 is 0. The molecule has 0 spiro atoms. The second-order valence-corrected chi connectivity index (χ2v) is 4.82. The van der Waals surface area contributed by atoms with E-state index in [1.165, 1.54) is 6.92 Å². The zero-order chi connectivity index (χ0) is 17.9. The van der Waals surface area contributed by atoms with Crippen molar-refractivity contribution in [1.29, 1.82) is 0 Å². The van der Waals surface area contributed by atoms with E-state index in [4.69, 9.17) is 9.84 Å². The van der Waals surface area contributed by atoms with E-state index in [-0.39, 0.29) is 6.61 Å². The van der Waals surface area contributed by atoms with Gasteiger partial charge >= 0.3 is 12.1 Å². The molecule has 0 fully saturated rings. The largest absolute Gasteiger partial charge is 0.480 e. The van der Waals surface area contributed by atoms with Gasteiger partial charge in [-0.1, -0.05) is 30.3 Å². The minimum absolute atomic E-state index is 0.0681. The van der Waals surface area contributed by atoms with Gasteiger partial charge in [0.2, 0.25) is 11.8 Å². The van der Waals surface area contributed by atoms with Crippen LogP contribution < -0.4 is 16.0 Å². The maximum atomic E-state index is 11.7. The van der Waals surface area contributed by atoms with Gasteiger partial charge in [-0.25, -0.2) is 4.79 Å². The predicted molar refractivity (Wildman–Crippen MR) is 82.9 cm³/mol. The number of carbonyl (C=O) groups excluding carboxylic acids is 3. The third kappa shape index (κ3) is 7.78. The quantitative estimate of drug-likeness (QED) is 0.511. The number of ether oxygens (including phenoxy) is 1. The van der Waals surface area contributed by atoms with Crippen LogP contribution in [0, 0.1) is 0 Å². The number of aliphatic carboxylic acids is 1. The van der Waals surface area contributed by atoms with Gasteiger partial charge in [-0.3, -0.25) is 14.4 Å². The molecule has 3 amide bonds. The van der Waals surface area contributed by atoms with Crippen LogP contribution in [0.3, 0.4) is 0 Å². The Hall–Kier alpha value is -3.10. The Balaban J connectivity index is 2.26. The van der Waals surface area contributed by atoms with Crippen LogP contribution in [0.1, 0.15) is 12.5 Å². The van der Waals surface area contributed by atoms with Crippen molar-refractivity contribution < 1.29 is 29.0 Å². The van der Waals surface area contributed by atoms with Crippen molar-refractivity contribution in [2.75, 3.05) is 13.1 Å². The highest BCUT2D eigenvalue weighted by molar-refractivity contribution is 5.90. The second kappa shape index (κ2) is 9.82. The Labute approximate surface area is 138 Å². The number of carboxylic acids is 1. The molecular weight excluding hydrogens is 318 g/mol. The third-order valence-corrected chi connectivity index (χ3v) is 2.80. The average Bonchev–Trinajstić information content (AvgIpc) is 2.56. The van der Waals surface area contributed by atoms with E-state index in [1.807, 2.05) is 18.2 Å². The van der Waals surface area contributed by atoms with Gasteiger partial charge in [0.15, 0.2) is 0 Å². The van der Waals surface area contributed by atoms with Gasteiger partial charge in [0, 0.05) is 0 Å². The average molecular weight is 337 g/mol. The molecule has 0 heterocycles. The Morgan fingerprint density at radius 2 is 1.75 bits per heavy atom. The van der Waals surface area contributed by atoms with E-state index in [1.54, 1.807) is 12.1 Å². The lowest BCUT2D eigenvalue weighted by molar-refractivity contribution is -0.137. The molecule has 0 aliphatic rings. The number of hydrogen-bond donors (Lipinski definition) is 4. The van der Waals surface area contributed by atoms with E-state index in [2.05, 4.69) is 16.0 Å². The zero-order valence-corrected chi connectivity index (χ0v) is 13.1. The zero-order valence-electron chi connectivity index (χ0n) is 13.1. The highest BCUT2D eigenvalue weighted by Gasteiger charge is 2.17. The monoisotopic (exact) mass is 337 g/mol. The van der Waals surface area contributed by atoms with Gasteiger partial charge in [-0.15, -0.1) is 0 Å². The molecule has 0 saturated carbocycles. The number of benzene rings is 1. The van der Waals surface area contributed by atoms with Crippen LogP contribution >= 0.6 is 0 Å². The molecule has 9 heteroatoms. The van der Waals surface area contributed by atoms with E-state index >= 15 is 0 Å². The Kier molecular flexibility index (Phi) is 7.76. The maximum absolute atomic E-state index is 11.7. The summed E-state index contributed by atoms with van der Waals surface area (Å²) in [6, 6.07) is 8.12. The van der Waals surface area contributed by atoms with Gasteiger partial charge in [0.25, 0.3) is 0 Å². The van der Waals surface area contributed by atoms with Crippen molar-refractivity contribution in [1.82, 2.24) is 16.0 Å². The third-order valence-electron chi connectivity index (χ3n) is 2.80. The summed E-state index contributed by atoms with van der Waals surface area (Å²) in [4.78, 5) is 44.8. The Bertz CT molecular complexity index is 590. The van der Waals surface area contributed by atoms with Crippen LogP contribution in [0.5, 0.6) is 0 Å². The molecule has 1 aromatic carbocycles. The Morgan fingerprint density at radius 3 is 2.38 bits per heavy atom. The normalized spacial score (nSPS) is 11.0. The molecule has 0 aromatic heterocycles. The van der Waals surface area contributed by atoms with E-state index in [0.717, 1.165) is 5.56 Å². The minimum atomic E-state index is -1.19. The maximum Gasteiger partial charge on any atom is 0.408 e. The molecule has 1 aromatic rings. The first-order valence-electron chi connectivity index (χ1n) is 7.12. The van der Waals surface area contributed by atoms with Crippen molar-refractivity contribution in [2.24, 2.45) is 0 Å². The van der Waals surface area contributed by atoms with Crippen molar-refractivity contribution in [2.45, 2.75) is 19.6 Å². The van der Waals surface area contributed by atoms with Crippen LogP contribution in [-0.2, 0) is 25.7 Å². The fraction of sp³-hybridized carbons (Fsp3) is 0.333. The van der Waals surface area contributed by atoms with Gasteiger partial charge in [-0.2, -0.15) is 0 Å². The summed E-state index contributed by atoms with van der Waals surface area (Å²) < 4.78 is 4.96. The van der Waals surface area contributed by atoms with Gasteiger partial charge in [0.05, 0.1) is 6.54 Å². The van der Waals surface area contributed by atoms with Crippen LogP contribution in [0.2, 0.25) is 0 Å². The van der Waals surface area contributed by atoms with Crippen LogP contribution in [0.4, 0.5) is 4.79 Å². The molecule has 0 aliphatic heterocycles. The number of carbonyl (C=O) groups is 4. The molecule has 0 radical (unpaired) electrons. The summed E-state index contributed by atoms with van der Waals surface area (Å²) in [6.07, 6.45) is -0.767. The number of nitrogens with one attached hydrogen (secondary N) is 3. The lowest BCUT2D eigenvalue weighted by Crippen LogP contribution is -2.48. The van der Waals surface area contributed by atoms with Crippen molar-refractivity contribution in [3.8, 4) is 0 Å². The lowest BCUT2D eigenvalue weighted by Gasteiger charge is -2.14. The smallest absolute Gasteiger partial charge is 0.408 e. The summed E-state index contributed by atoms with van der Waals surface area (Å²) in [5.74, 6) is -2.44. The first-order chi connectivity index (χ1) is 11.4. The van der Waals surface area contributed by atoms with E-state index in [0.29, 0.717) is 0 Å². The molecule has 0 aliphatic carbocycles. The molecule has 1 atom stereocenters. The minimum Gasteiger partial charge on any atom is -0.480 e. The summed E-state index contributed by atoms with van der Waals surface area (Å²) in [5, 5.41) is 15.1. The molecule has 0 unspecified atom stereocenters. The first kappa shape index (κ1) is 18.9. The molecule has 0 bridgehead atoms. The Morgan fingerprint density at radius 1 is 1.08 bits per heavy atom. The summed E-state index contributed by atoms with van der Waals surface area (Å²) in [7, 11) is 0. The van der Waals surface area contributed by atoms with Gasteiger partial charge in [-0.05, 0) is 12.5 Å². The summed E-state index contributed by atoms with van der Waals surface area (Å²) in [5.41, 5.74) is 0.805. The number of rotatable bonds is 8. The van der Waals surface area contributed by atoms with Crippen LogP contribution in [-0.4, -0.2) is 48.1 Å². The van der Waals surface area contributed by atoms with Crippen LogP contribution in [0.25, 0.3) is 0 Å². The summed E-state index contributed by atoms with van der Waals surface area (Å²) in [6.45, 7) is 0.568. The number of hydrogen-bond acceptors (Lipinski definition) is 5. The van der Waals surface area contributed by atoms with Gasteiger partial charge in [0.1, 0.15) is 19.2 Å². The van der Waals surface area contributed by atoms with E-state index < -0.39 is 43.0 Å². The fourth-order valence-electron chi connectivity index (χ4n) is 1.56. The SMILES string of the molecule is C[C@H](NC(=O)OCc1ccccc1)C(=O)NCC(=O)NCC(=O)O. The fourth-order valence-corrected chi connectivity index (χ4v) is 1.56. The molecule has 4 N–H and O–H groups in total.